The maximum atomic E-state index is 12.0. The summed E-state index contributed by atoms with van der Waals surface area (Å²) in [5.41, 5.74) is 2.60. The molecule has 31 heavy (non-hydrogen) atoms. The molecule has 0 aliphatic carbocycles. The third-order valence-corrected chi connectivity index (χ3v) is 4.81. The Morgan fingerprint density at radius 2 is 1.71 bits per heavy atom. The highest BCUT2D eigenvalue weighted by Gasteiger charge is 2.12. The van der Waals surface area contributed by atoms with Crippen LogP contribution < -0.4 is 15.0 Å². The van der Waals surface area contributed by atoms with Gasteiger partial charge in [0, 0.05) is 24.5 Å². The molecule has 1 fully saturated rings. The number of rotatable bonds is 9. The zero-order valence-electron chi connectivity index (χ0n) is 17.6. The molecule has 2 aromatic carbocycles. The van der Waals surface area contributed by atoms with Gasteiger partial charge in [-0.2, -0.15) is 0 Å². The van der Waals surface area contributed by atoms with E-state index in [2.05, 4.69) is 15.4 Å². The Morgan fingerprint density at radius 1 is 1.00 bits per heavy atom. The van der Waals surface area contributed by atoms with Gasteiger partial charge in [-0.25, -0.2) is 4.79 Å². The van der Waals surface area contributed by atoms with Gasteiger partial charge in [-0.3, -0.25) is 4.79 Å². The van der Waals surface area contributed by atoms with E-state index in [4.69, 9.17) is 14.3 Å². The van der Waals surface area contributed by atoms with Crippen molar-refractivity contribution in [2.75, 3.05) is 43.6 Å². The number of benzene rings is 2. The Labute approximate surface area is 181 Å². The maximum absolute atomic E-state index is 12.0. The van der Waals surface area contributed by atoms with E-state index in [1.54, 1.807) is 31.4 Å². The van der Waals surface area contributed by atoms with E-state index in [9.17, 15) is 9.59 Å². The van der Waals surface area contributed by atoms with Crippen molar-refractivity contribution in [2.45, 2.75) is 19.3 Å². The Bertz CT molecular complexity index is 875. The van der Waals surface area contributed by atoms with Crippen molar-refractivity contribution in [1.29, 1.82) is 0 Å². The van der Waals surface area contributed by atoms with E-state index < -0.39 is 18.5 Å². The molecule has 3 rings (SSSR count). The summed E-state index contributed by atoms with van der Waals surface area (Å²) in [6, 6.07) is 14.8. The van der Waals surface area contributed by atoms with E-state index in [0.717, 1.165) is 30.1 Å². The lowest BCUT2D eigenvalue weighted by Gasteiger charge is -2.28. The number of carbonyl (C=O) groups excluding carboxylic acids is 2. The van der Waals surface area contributed by atoms with Crippen molar-refractivity contribution >= 4 is 29.5 Å². The van der Waals surface area contributed by atoms with Crippen LogP contribution in [0.4, 0.5) is 11.4 Å². The highest BCUT2D eigenvalue weighted by atomic mass is 16.7. The molecule has 0 bridgehead atoms. The Morgan fingerprint density at radius 3 is 2.39 bits per heavy atom. The van der Waals surface area contributed by atoms with E-state index >= 15 is 0 Å². The van der Waals surface area contributed by atoms with Crippen LogP contribution in [0.2, 0.25) is 0 Å². The first-order valence-electron chi connectivity index (χ1n) is 10.2. The first-order chi connectivity index (χ1) is 15.1. The SMILES string of the molecule is COc1ccc(/C=N\OCC(=O)OCC(=O)Nc2ccc(N3CCCCC3)cc2)cc1. The summed E-state index contributed by atoms with van der Waals surface area (Å²) in [4.78, 5) is 30.9. The number of nitrogens with one attached hydrogen (secondary N) is 1. The predicted octanol–water partition coefficient (Wildman–Crippen LogP) is 3.22. The normalized spacial score (nSPS) is 13.6. The zero-order valence-corrected chi connectivity index (χ0v) is 17.6. The molecular formula is C23H27N3O5. The molecule has 0 aromatic heterocycles. The monoisotopic (exact) mass is 425 g/mol. The number of ether oxygens (including phenoxy) is 2. The van der Waals surface area contributed by atoms with Crippen molar-refractivity contribution in [1.82, 2.24) is 0 Å². The van der Waals surface area contributed by atoms with Gasteiger partial charge >= 0.3 is 5.97 Å². The second kappa shape index (κ2) is 11.6. The maximum Gasteiger partial charge on any atom is 0.347 e. The molecule has 0 unspecified atom stereocenters. The summed E-state index contributed by atoms with van der Waals surface area (Å²) in [5, 5.41) is 6.42. The predicted molar refractivity (Wildman–Crippen MR) is 119 cm³/mol. The Hall–Kier alpha value is -3.55. The fourth-order valence-electron chi connectivity index (χ4n) is 3.17. The molecule has 164 valence electrons. The van der Waals surface area contributed by atoms with Gasteiger partial charge in [0.15, 0.2) is 6.61 Å². The lowest BCUT2D eigenvalue weighted by atomic mass is 10.1. The number of oxime groups is 1. The summed E-state index contributed by atoms with van der Waals surface area (Å²) in [6.45, 7) is 1.35. The average molecular weight is 425 g/mol. The van der Waals surface area contributed by atoms with Crippen molar-refractivity contribution in [2.24, 2.45) is 5.16 Å². The zero-order chi connectivity index (χ0) is 21.9. The lowest BCUT2D eigenvalue weighted by Crippen LogP contribution is -2.29. The topological polar surface area (TPSA) is 89.5 Å². The molecule has 1 heterocycles. The average Bonchev–Trinajstić information content (AvgIpc) is 2.82. The van der Waals surface area contributed by atoms with E-state index in [0.29, 0.717) is 5.69 Å². The molecule has 2 aromatic rings. The highest BCUT2D eigenvalue weighted by Crippen LogP contribution is 2.21. The van der Waals surface area contributed by atoms with Gasteiger partial charge in [0.05, 0.1) is 13.3 Å². The summed E-state index contributed by atoms with van der Waals surface area (Å²) in [7, 11) is 1.59. The number of methoxy groups -OCH3 is 1. The largest absolute Gasteiger partial charge is 0.497 e. The van der Waals surface area contributed by atoms with Crippen LogP contribution >= 0.6 is 0 Å². The van der Waals surface area contributed by atoms with Crippen LogP contribution in [0, 0.1) is 0 Å². The number of carbonyl (C=O) groups is 2. The molecule has 1 saturated heterocycles. The third-order valence-electron chi connectivity index (χ3n) is 4.81. The molecule has 8 heteroatoms. The van der Waals surface area contributed by atoms with Gasteiger partial charge in [-0.1, -0.05) is 5.16 Å². The van der Waals surface area contributed by atoms with E-state index in [1.165, 1.54) is 25.5 Å². The molecule has 0 spiro atoms. The first kappa shape index (κ1) is 22.1. The number of piperidine rings is 1. The van der Waals surface area contributed by atoms with Gasteiger partial charge in [0.1, 0.15) is 5.75 Å². The van der Waals surface area contributed by atoms with Crippen LogP contribution in [-0.4, -0.2) is 51.5 Å². The van der Waals surface area contributed by atoms with Gasteiger partial charge in [0.2, 0.25) is 6.61 Å². The van der Waals surface area contributed by atoms with Crippen molar-refractivity contribution in [3.8, 4) is 5.75 Å². The van der Waals surface area contributed by atoms with Gasteiger partial charge < -0.3 is 24.5 Å². The van der Waals surface area contributed by atoms with Gasteiger partial charge in [-0.15, -0.1) is 0 Å². The fraction of sp³-hybridized carbons (Fsp3) is 0.348. The van der Waals surface area contributed by atoms with E-state index in [-0.39, 0.29) is 6.61 Å². The Balaban J connectivity index is 1.34. The van der Waals surface area contributed by atoms with Crippen LogP contribution in [-0.2, 0) is 19.2 Å². The second-order valence-electron chi connectivity index (χ2n) is 7.08. The molecule has 1 aliphatic heterocycles. The Kier molecular flexibility index (Phi) is 8.28. The fourth-order valence-corrected chi connectivity index (χ4v) is 3.17. The third kappa shape index (κ3) is 7.33. The van der Waals surface area contributed by atoms with E-state index in [1.807, 2.05) is 24.3 Å². The minimum absolute atomic E-state index is 0.384. The number of anilines is 2. The second-order valence-corrected chi connectivity index (χ2v) is 7.08. The summed E-state index contributed by atoms with van der Waals surface area (Å²) in [6.07, 6.45) is 5.16. The molecular weight excluding hydrogens is 398 g/mol. The smallest absolute Gasteiger partial charge is 0.347 e. The molecule has 0 atom stereocenters. The number of hydrogen-bond donors (Lipinski definition) is 1. The first-order valence-corrected chi connectivity index (χ1v) is 10.2. The van der Waals surface area contributed by atoms with Crippen molar-refractivity contribution in [3.63, 3.8) is 0 Å². The number of amides is 1. The summed E-state index contributed by atoms with van der Waals surface area (Å²) in [5.74, 6) is -0.360. The van der Waals surface area contributed by atoms with Gasteiger partial charge in [0.25, 0.3) is 5.91 Å². The standard InChI is InChI=1S/C23H27N3O5/c1-29-21-11-5-18(6-12-21)15-24-31-17-23(28)30-16-22(27)25-19-7-9-20(10-8-19)26-13-3-2-4-14-26/h5-12,15H,2-4,13-14,16-17H2,1H3,(H,25,27)/b24-15-. The number of nitrogens with zero attached hydrogens (tertiary/aromatic N) is 2. The molecule has 1 N–H and O–H groups in total. The van der Waals surface area contributed by atoms with Crippen LogP contribution in [0.1, 0.15) is 24.8 Å². The molecule has 0 radical (unpaired) electrons. The minimum Gasteiger partial charge on any atom is -0.497 e. The molecule has 1 amide bonds. The van der Waals surface area contributed by atoms with Crippen LogP contribution in [0.25, 0.3) is 0 Å². The van der Waals surface area contributed by atoms with Crippen LogP contribution in [0.5, 0.6) is 5.75 Å². The molecule has 1 aliphatic rings. The minimum atomic E-state index is -0.678. The van der Waals surface area contributed by atoms with Crippen LogP contribution in [0.15, 0.2) is 53.7 Å². The number of hydrogen-bond acceptors (Lipinski definition) is 7. The van der Waals surface area contributed by atoms with Crippen LogP contribution in [0.3, 0.4) is 0 Å². The van der Waals surface area contributed by atoms with Gasteiger partial charge in [-0.05, 0) is 73.4 Å². The summed E-state index contributed by atoms with van der Waals surface area (Å²) < 4.78 is 9.97. The quantitative estimate of drug-likeness (QED) is 0.377. The van der Waals surface area contributed by atoms with Crippen molar-refractivity contribution < 1.29 is 23.9 Å². The molecule has 0 saturated carbocycles. The lowest BCUT2D eigenvalue weighted by molar-refractivity contribution is -0.151. The molecule has 8 nitrogen and oxygen atoms in total. The number of esters is 1. The highest BCUT2D eigenvalue weighted by molar-refractivity contribution is 5.93. The summed E-state index contributed by atoms with van der Waals surface area (Å²) >= 11 is 0. The van der Waals surface area contributed by atoms with Crippen molar-refractivity contribution in [3.05, 3.63) is 54.1 Å².